The molecular weight excluding hydrogens is 238 g/mol. The van der Waals surface area contributed by atoms with Crippen molar-refractivity contribution >= 4 is 11.6 Å². The smallest absolute Gasteiger partial charge is 0.0850 e. The van der Waals surface area contributed by atoms with E-state index in [4.69, 9.17) is 22.1 Å². The average molecular weight is 260 g/mol. The molecule has 0 amide bonds. The Morgan fingerprint density at radius 3 is 2.65 bits per heavy atom. The van der Waals surface area contributed by atoms with Crippen molar-refractivity contribution in [1.82, 2.24) is 9.78 Å². The Balaban J connectivity index is 2.71. The second-order valence-corrected chi connectivity index (χ2v) is 4.81. The van der Waals surface area contributed by atoms with E-state index in [2.05, 4.69) is 5.10 Å². The fraction of sp³-hybridized carbons (Fsp3) is 0.750. The molecule has 0 saturated heterocycles. The minimum Gasteiger partial charge on any atom is -0.382 e. The van der Waals surface area contributed by atoms with Crippen molar-refractivity contribution in [2.75, 3.05) is 7.11 Å². The van der Waals surface area contributed by atoms with E-state index >= 15 is 0 Å². The van der Waals surface area contributed by atoms with Crippen LogP contribution < -0.4 is 5.73 Å². The number of ether oxygens (including phenoxy) is 1. The maximum Gasteiger partial charge on any atom is 0.0850 e. The first kappa shape index (κ1) is 14.5. The number of methoxy groups -OCH3 is 1. The van der Waals surface area contributed by atoms with Gasteiger partial charge in [-0.3, -0.25) is 4.68 Å². The van der Waals surface area contributed by atoms with Crippen LogP contribution in [0.4, 0.5) is 0 Å². The molecule has 0 fully saturated rings. The fourth-order valence-corrected chi connectivity index (χ4v) is 2.27. The van der Waals surface area contributed by atoms with E-state index in [1.807, 2.05) is 25.6 Å². The molecule has 4 nitrogen and oxygen atoms in total. The highest BCUT2D eigenvalue weighted by atomic mass is 35.5. The van der Waals surface area contributed by atoms with Crippen molar-refractivity contribution in [3.8, 4) is 0 Å². The molecule has 1 aromatic heterocycles. The topological polar surface area (TPSA) is 53.1 Å². The van der Waals surface area contributed by atoms with Crippen LogP contribution >= 0.6 is 11.6 Å². The Kier molecular flexibility index (Phi) is 5.43. The van der Waals surface area contributed by atoms with Gasteiger partial charge in [0.2, 0.25) is 0 Å². The number of hydrogen-bond acceptors (Lipinski definition) is 3. The van der Waals surface area contributed by atoms with Crippen LogP contribution in [0.1, 0.15) is 31.7 Å². The lowest BCUT2D eigenvalue weighted by molar-refractivity contribution is 0.104. The third-order valence-electron chi connectivity index (χ3n) is 3.00. The monoisotopic (exact) mass is 259 g/mol. The summed E-state index contributed by atoms with van der Waals surface area (Å²) in [4.78, 5) is 0. The van der Waals surface area contributed by atoms with Crippen LogP contribution in [0.15, 0.2) is 0 Å². The van der Waals surface area contributed by atoms with Crippen LogP contribution in [0.2, 0.25) is 5.02 Å². The van der Waals surface area contributed by atoms with Crippen LogP contribution in [0.25, 0.3) is 0 Å². The average Bonchev–Trinajstić information content (AvgIpc) is 2.56. The van der Waals surface area contributed by atoms with Gasteiger partial charge in [-0.15, -0.1) is 0 Å². The second kappa shape index (κ2) is 6.38. The van der Waals surface area contributed by atoms with Crippen LogP contribution in [-0.2, 0) is 24.6 Å². The van der Waals surface area contributed by atoms with Gasteiger partial charge >= 0.3 is 0 Å². The Bertz CT molecular complexity index is 365. The molecule has 0 radical (unpaired) electrons. The predicted octanol–water partition coefficient (Wildman–Crippen LogP) is 1.93. The molecule has 1 rings (SSSR count). The molecule has 1 aromatic rings. The van der Waals surface area contributed by atoms with Gasteiger partial charge in [-0.25, -0.2) is 0 Å². The van der Waals surface area contributed by atoms with E-state index in [9.17, 15) is 0 Å². The molecule has 0 aliphatic carbocycles. The van der Waals surface area contributed by atoms with Crippen molar-refractivity contribution in [3.05, 3.63) is 16.4 Å². The largest absolute Gasteiger partial charge is 0.382 e. The van der Waals surface area contributed by atoms with Crippen LogP contribution in [0, 0.1) is 0 Å². The summed E-state index contributed by atoms with van der Waals surface area (Å²) in [6, 6.07) is 0.0440. The standard InChI is InChI=1S/C12H22ClN3O/c1-5-10-12(13)11(16(3)15-10)7-9(14)6-8(2)17-4/h8-9H,5-7,14H2,1-4H3. The third kappa shape index (κ3) is 3.69. The summed E-state index contributed by atoms with van der Waals surface area (Å²) in [6.07, 6.45) is 2.56. The molecule has 1 heterocycles. The van der Waals surface area contributed by atoms with Gasteiger partial charge in [0.1, 0.15) is 0 Å². The maximum atomic E-state index is 6.27. The summed E-state index contributed by atoms with van der Waals surface area (Å²) in [5.74, 6) is 0. The number of hydrogen-bond donors (Lipinski definition) is 1. The molecular formula is C12H22ClN3O. The molecule has 0 saturated carbocycles. The molecule has 5 heteroatoms. The van der Waals surface area contributed by atoms with E-state index in [0.717, 1.165) is 35.7 Å². The number of aryl methyl sites for hydroxylation is 2. The summed E-state index contributed by atoms with van der Waals surface area (Å²) < 4.78 is 7.04. The molecule has 0 spiro atoms. The number of halogens is 1. The predicted molar refractivity (Wildman–Crippen MR) is 70.4 cm³/mol. The highest BCUT2D eigenvalue weighted by molar-refractivity contribution is 6.31. The Hall–Kier alpha value is -0.580. The van der Waals surface area contributed by atoms with Crippen LogP contribution in [-0.4, -0.2) is 29.0 Å². The SMILES string of the molecule is CCc1nn(C)c(CC(N)CC(C)OC)c1Cl. The summed E-state index contributed by atoms with van der Waals surface area (Å²) >= 11 is 6.27. The Morgan fingerprint density at radius 2 is 2.18 bits per heavy atom. The molecule has 98 valence electrons. The van der Waals surface area contributed by atoms with Crippen molar-refractivity contribution in [2.45, 2.75) is 45.3 Å². The first-order valence-electron chi connectivity index (χ1n) is 5.98. The van der Waals surface area contributed by atoms with Crippen molar-refractivity contribution in [2.24, 2.45) is 12.8 Å². The molecule has 0 aromatic carbocycles. The van der Waals surface area contributed by atoms with E-state index < -0.39 is 0 Å². The van der Waals surface area contributed by atoms with Gasteiger partial charge in [0, 0.05) is 26.6 Å². The third-order valence-corrected chi connectivity index (χ3v) is 3.43. The highest BCUT2D eigenvalue weighted by Crippen LogP contribution is 2.22. The second-order valence-electron chi connectivity index (χ2n) is 4.43. The first-order valence-corrected chi connectivity index (χ1v) is 6.35. The van der Waals surface area contributed by atoms with Crippen molar-refractivity contribution < 1.29 is 4.74 Å². The van der Waals surface area contributed by atoms with Gasteiger partial charge in [-0.2, -0.15) is 5.10 Å². The van der Waals surface area contributed by atoms with E-state index in [1.54, 1.807) is 7.11 Å². The lowest BCUT2D eigenvalue weighted by atomic mass is 10.1. The molecule has 0 bridgehead atoms. The van der Waals surface area contributed by atoms with Crippen LogP contribution in [0.5, 0.6) is 0 Å². The summed E-state index contributed by atoms with van der Waals surface area (Å²) in [5, 5.41) is 5.14. The van der Waals surface area contributed by atoms with Gasteiger partial charge in [0.05, 0.1) is 22.5 Å². The van der Waals surface area contributed by atoms with Gasteiger partial charge in [0.15, 0.2) is 0 Å². The van der Waals surface area contributed by atoms with E-state index in [-0.39, 0.29) is 12.1 Å². The van der Waals surface area contributed by atoms with E-state index in [1.165, 1.54) is 0 Å². The fourth-order valence-electron chi connectivity index (χ4n) is 1.90. The van der Waals surface area contributed by atoms with Gasteiger partial charge in [-0.05, 0) is 19.8 Å². The summed E-state index contributed by atoms with van der Waals surface area (Å²) in [6.45, 7) is 4.06. The number of nitrogens with zero attached hydrogens (tertiary/aromatic N) is 2. The molecule has 0 aliphatic rings. The molecule has 2 atom stereocenters. The summed E-state index contributed by atoms with van der Waals surface area (Å²) in [5.41, 5.74) is 8.05. The maximum absolute atomic E-state index is 6.27. The lowest BCUT2D eigenvalue weighted by Gasteiger charge is -2.16. The first-order chi connectivity index (χ1) is 7.99. The normalized spacial score (nSPS) is 14.9. The minimum absolute atomic E-state index is 0.0440. The Morgan fingerprint density at radius 1 is 1.53 bits per heavy atom. The Labute approximate surface area is 108 Å². The zero-order chi connectivity index (χ0) is 13.0. The number of nitrogens with two attached hydrogens (primary N) is 1. The van der Waals surface area contributed by atoms with Gasteiger partial charge in [0.25, 0.3) is 0 Å². The lowest BCUT2D eigenvalue weighted by Crippen LogP contribution is -2.28. The van der Waals surface area contributed by atoms with E-state index in [0.29, 0.717) is 0 Å². The number of rotatable bonds is 6. The van der Waals surface area contributed by atoms with Crippen LogP contribution in [0.3, 0.4) is 0 Å². The number of aromatic nitrogens is 2. The molecule has 2 unspecified atom stereocenters. The van der Waals surface area contributed by atoms with Gasteiger partial charge < -0.3 is 10.5 Å². The zero-order valence-corrected chi connectivity index (χ0v) is 11.8. The zero-order valence-electron chi connectivity index (χ0n) is 11.0. The van der Waals surface area contributed by atoms with Gasteiger partial charge in [-0.1, -0.05) is 18.5 Å². The molecule has 2 N–H and O–H groups in total. The molecule has 0 aliphatic heterocycles. The minimum atomic E-state index is 0.0440. The highest BCUT2D eigenvalue weighted by Gasteiger charge is 2.17. The van der Waals surface area contributed by atoms with Crippen molar-refractivity contribution in [3.63, 3.8) is 0 Å². The van der Waals surface area contributed by atoms with Crippen molar-refractivity contribution in [1.29, 1.82) is 0 Å². The molecule has 17 heavy (non-hydrogen) atoms. The summed E-state index contributed by atoms with van der Waals surface area (Å²) in [7, 11) is 3.61. The quantitative estimate of drug-likeness (QED) is 0.849.